The van der Waals surface area contributed by atoms with Crippen molar-refractivity contribution in [1.82, 2.24) is 10.2 Å². The first-order chi connectivity index (χ1) is 11.5. The molecule has 0 radical (unpaired) electrons. The van der Waals surface area contributed by atoms with E-state index in [-0.39, 0.29) is 29.9 Å². The van der Waals surface area contributed by atoms with Crippen LogP contribution in [0, 0.1) is 11.2 Å². The second kappa shape index (κ2) is 8.30. The van der Waals surface area contributed by atoms with Gasteiger partial charge in [0.1, 0.15) is 6.29 Å². The van der Waals surface area contributed by atoms with Crippen LogP contribution < -0.4 is 5.32 Å². The second-order valence-electron chi connectivity index (χ2n) is 4.96. The van der Waals surface area contributed by atoms with Crippen molar-refractivity contribution in [1.29, 1.82) is 0 Å². The van der Waals surface area contributed by atoms with Crippen LogP contribution in [0.15, 0.2) is 18.2 Å². The lowest BCUT2D eigenvalue weighted by Gasteiger charge is -2.20. The highest BCUT2D eigenvalue weighted by atomic mass is 127. The SMILES string of the molecule is CNC(=O)CCC(C=O)N1C(=O)c2ccc(C#CSI)cc2C1=O. The van der Waals surface area contributed by atoms with Gasteiger partial charge in [0, 0.05) is 40.2 Å². The number of fused-ring (bicyclic) bond motifs is 1. The van der Waals surface area contributed by atoms with Gasteiger partial charge in [0.25, 0.3) is 11.8 Å². The lowest BCUT2D eigenvalue weighted by molar-refractivity contribution is -0.121. The molecule has 1 aliphatic rings. The van der Waals surface area contributed by atoms with Crippen LogP contribution in [0.3, 0.4) is 0 Å². The largest absolute Gasteiger partial charge is 0.359 e. The number of amides is 3. The molecule has 1 unspecified atom stereocenters. The predicted octanol–water partition coefficient (Wildman–Crippen LogP) is 1.77. The monoisotopic (exact) mass is 456 g/mol. The van der Waals surface area contributed by atoms with Crippen molar-refractivity contribution in [2.45, 2.75) is 18.9 Å². The van der Waals surface area contributed by atoms with Gasteiger partial charge in [-0.2, -0.15) is 0 Å². The maximum Gasteiger partial charge on any atom is 0.262 e. The molecule has 1 N–H and O–H groups in total. The predicted molar refractivity (Wildman–Crippen MR) is 98.6 cm³/mol. The molecule has 0 bridgehead atoms. The molecule has 1 heterocycles. The standard InChI is InChI=1S/C16H13IN2O4S/c1-18-14(21)5-3-11(9-20)19-15(22)12-4-2-10(6-7-24-17)8-13(12)16(19)23/h2,4,8-9,11H,3,5H2,1H3,(H,18,21). The van der Waals surface area contributed by atoms with Crippen LogP contribution in [0.1, 0.15) is 39.1 Å². The Morgan fingerprint density at radius 2 is 2.08 bits per heavy atom. The van der Waals surface area contributed by atoms with Crippen LogP contribution in [0.4, 0.5) is 0 Å². The van der Waals surface area contributed by atoms with E-state index in [4.69, 9.17) is 0 Å². The van der Waals surface area contributed by atoms with Gasteiger partial charge in [-0.15, -0.1) is 0 Å². The Morgan fingerprint density at radius 3 is 2.71 bits per heavy atom. The Kier molecular flexibility index (Phi) is 6.39. The number of rotatable bonds is 5. The highest BCUT2D eigenvalue weighted by Crippen LogP contribution is 2.26. The normalized spacial score (nSPS) is 13.8. The first kappa shape index (κ1) is 18.5. The summed E-state index contributed by atoms with van der Waals surface area (Å²) in [6.45, 7) is 0. The minimum Gasteiger partial charge on any atom is -0.359 e. The molecule has 0 saturated heterocycles. The quantitative estimate of drug-likeness (QED) is 0.316. The highest BCUT2D eigenvalue weighted by molar-refractivity contribution is 14.2. The molecule has 1 aliphatic heterocycles. The first-order valence-corrected chi connectivity index (χ1v) is 10.4. The Bertz CT molecular complexity index is 769. The molecule has 124 valence electrons. The lowest BCUT2D eigenvalue weighted by Crippen LogP contribution is -2.41. The van der Waals surface area contributed by atoms with Gasteiger partial charge in [0.05, 0.1) is 17.2 Å². The van der Waals surface area contributed by atoms with Gasteiger partial charge in [-0.1, -0.05) is 5.92 Å². The fourth-order valence-electron chi connectivity index (χ4n) is 2.38. The Balaban J connectivity index is 2.27. The molecule has 2 rings (SSSR count). The first-order valence-electron chi connectivity index (χ1n) is 7.00. The van der Waals surface area contributed by atoms with Crippen LogP contribution in [0.2, 0.25) is 0 Å². The summed E-state index contributed by atoms with van der Waals surface area (Å²) >= 11 is 2.04. The van der Waals surface area contributed by atoms with E-state index in [0.29, 0.717) is 11.8 Å². The van der Waals surface area contributed by atoms with Crippen LogP contribution in [-0.2, 0) is 9.59 Å². The minimum absolute atomic E-state index is 0.0525. The maximum absolute atomic E-state index is 12.5. The number of carbonyl (C=O) groups excluding carboxylic acids is 4. The molecule has 1 atom stereocenters. The maximum atomic E-state index is 12.5. The number of imide groups is 1. The zero-order valence-corrected chi connectivity index (χ0v) is 15.6. The smallest absolute Gasteiger partial charge is 0.262 e. The van der Waals surface area contributed by atoms with E-state index in [0.717, 1.165) is 4.90 Å². The van der Waals surface area contributed by atoms with Crippen LogP contribution >= 0.6 is 30.1 Å². The number of aldehydes is 1. The summed E-state index contributed by atoms with van der Waals surface area (Å²) in [5.74, 6) is 1.55. The van der Waals surface area contributed by atoms with Crippen molar-refractivity contribution in [2.24, 2.45) is 0 Å². The average molecular weight is 456 g/mol. The molecule has 8 heteroatoms. The molecule has 6 nitrogen and oxygen atoms in total. The molecule has 24 heavy (non-hydrogen) atoms. The summed E-state index contributed by atoms with van der Waals surface area (Å²) in [6.07, 6.45) is 0.668. The molecule has 0 spiro atoms. The minimum atomic E-state index is -0.964. The third-order valence-corrected chi connectivity index (χ3v) is 4.43. The molecule has 0 aliphatic carbocycles. The van der Waals surface area contributed by atoms with Crippen LogP contribution in [0.25, 0.3) is 0 Å². The van der Waals surface area contributed by atoms with Crippen molar-refractivity contribution in [3.05, 3.63) is 34.9 Å². The number of hydrogen-bond acceptors (Lipinski definition) is 5. The van der Waals surface area contributed by atoms with Crippen LogP contribution in [-0.4, -0.2) is 42.0 Å². The van der Waals surface area contributed by atoms with Gasteiger partial charge < -0.3 is 10.1 Å². The Labute approximate surface area is 155 Å². The fourth-order valence-corrected chi connectivity index (χ4v) is 2.87. The lowest BCUT2D eigenvalue weighted by atomic mass is 10.1. The summed E-state index contributed by atoms with van der Waals surface area (Å²) in [7, 11) is 2.80. The van der Waals surface area contributed by atoms with Gasteiger partial charge in [-0.05, 0) is 38.8 Å². The third-order valence-electron chi connectivity index (χ3n) is 3.59. The van der Waals surface area contributed by atoms with E-state index in [1.807, 2.05) is 21.2 Å². The van der Waals surface area contributed by atoms with E-state index in [2.05, 4.69) is 16.5 Å². The summed E-state index contributed by atoms with van der Waals surface area (Å²) in [4.78, 5) is 48.6. The van der Waals surface area contributed by atoms with Crippen LogP contribution in [0.5, 0.6) is 0 Å². The van der Waals surface area contributed by atoms with Crippen molar-refractivity contribution in [3.8, 4) is 11.2 Å². The van der Waals surface area contributed by atoms with E-state index < -0.39 is 17.9 Å². The highest BCUT2D eigenvalue weighted by Gasteiger charge is 2.40. The Morgan fingerprint density at radius 1 is 1.38 bits per heavy atom. The number of hydrogen-bond donors (Lipinski definition) is 1. The van der Waals surface area contributed by atoms with Gasteiger partial charge in [0.2, 0.25) is 5.91 Å². The van der Waals surface area contributed by atoms with Crippen molar-refractivity contribution < 1.29 is 19.2 Å². The molecule has 1 aromatic carbocycles. The van der Waals surface area contributed by atoms with Crippen molar-refractivity contribution in [2.75, 3.05) is 7.05 Å². The molecule has 3 amide bonds. The number of carbonyl (C=O) groups is 4. The summed E-state index contributed by atoms with van der Waals surface area (Å²) in [5, 5.41) is 5.25. The summed E-state index contributed by atoms with van der Waals surface area (Å²) in [6, 6.07) is 3.79. The average Bonchev–Trinajstić information content (AvgIpc) is 2.85. The molecular formula is C16H13IN2O4S. The molecule has 0 aromatic heterocycles. The van der Waals surface area contributed by atoms with Gasteiger partial charge in [-0.25, -0.2) is 0 Å². The van der Waals surface area contributed by atoms with Gasteiger partial charge >= 0.3 is 0 Å². The van der Waals surface area contributed by atoms with Crippen molar-refractivity contribution in [3.63, 3.8) is 0 Å². The fraction of sp³-hybridized carbons (Fsp3) is 0.250. The summed E-state index contributed by atoms with van der Waals surface area (Å²) < 4.78 is 0. The second-order valence-corrected chi connectivity index (χ2v) is 6.64. The number of halogens is 1. The zero-order chi connectivity index (χ0) is 17.7. The van der Waals surface area contributed by atoms with Gasteiger partial charge in [0.15, 0.2) is 0 Å². The van der Waals surface area contributed by atoms with E-state index >= 15 is 0 Å². The number of nitrogens with zero attached hydrogens (tertiary/aromatic N) is 1. The van der Waals surface area contributed by atoms with E-state index in [1.165, 1.54) is 22.0 Å². The Hall–Kier alpha value is -1.86. The topological polar surface area (TPSA) is 83.6 Å². The van der Waals surface area contributed by atoms with Crippen molar-refractivity contribution >= 4 is 54.1 Å². The number of benzene rings is 1. The summed E-state index contributed by atoms with van der Waals surface area (Å²) in [5.41, 5.74) is 1.10. The van der Waals surface area contributed by atoms with E-state index in [1.54, 1.807) is 12.1 Å². The third kappa shape index (κ3) is 3.79. The van der Waals surface area contributed by atoms with E-state index in [9.17, 15) is 19.2 Å². The molecule has 1 aromatic rings. The molecular weight excluding hydrogens is 443 g/mol. The number of nitrogens with one attached hydrogen (secondary N) is 1. The molecule has 0 fully saturated rings. The van der Waals surface area contributed by atoms with Gasteiger partial charge in [-0.3, -0.25) is 19.3 Å². The molecule has 0 saturated carbocycles. The zero-order valence-electron chi connectivity index (χ0n) is 12.7.